The van der Waals surface area contributed by atoms with Crippen LogP contribution >= 0.6 is 0 Å². The van der Waals surface area contributed by atoms with Crippen LogP contribution in [-0.2, 0) is 0 Å². The lowest BCUT2D eigenvalue weighted by atomic mass is 10.1. The summed E-state index contributed by atoms with van der Waals surface area (Å²) in [5, 5.41) is 15.2. The van der Waals surface area contributed by atoms with Crippen molar-refractivity contribution in [3.63, 3.8) is 0 Å². The van der Waals surface area contributed by atoms with Crippen molar-refractivity contribution < 1.29 is 19.2 Å². The molecule has 1 N–H and O–H groups in total. The second-order valence-electron chi connectivity index (χ2n) is 5.63. The zero-order chi connectivity index (χ0) is 19.8. The molecule has 27 heavy (non-hydrogen) atoms. The molecule has 0 aliphatic heterocycles. The zero-order valence-electron chi connectivity index (χ0n) is 15.4. The molecule has 0 saturated carbocycles. The Labute approximate surface area is 157 Å². The fourth-order valence-electron chi connectivity index (χ4n) is 2.46. The normalized spacial score (nSPS) is 11.0. The summed E-state index contributed by atoms with van der Waals surface area (Å²) in [5.74, 6) is 0.525. The first-order valence-electron chi connectivity index (χ1n) is 8.33. The van der Waals surface area contributed by atoms with Crippen molar-refractivity contribution >= 4 is 17.3 Å². The maximum absolute atomic E-state index is 12.4. The third kappa shape index (κ3) is 5.04. The van der Waals surface area contributed by atoms with E-state index in [-0.39, 0.29) is 5.69 Å². The standard InChI is InChI=1S/C19H21N3O5/c1-4-6-16(13-7-5-8-15(11-13)22(24)25)20-21-19(23)14-9-10-17(26-2)18(12-14)27-3/h5,7-12H,4,6H2,1-3H3,(H,21,23)/b20-16-. The molecule has 8 heteroatoms. The Morgan fingerprint density at radius 1 is 1.11 bits per heavy atom. The van der Waals surface area contributed by atoms with E-state index < -0.39 is 10.8 Å². The monoisotopic (exact) mass is 371 g/mol. The van der Waals surface area contributed by atoms with Gasteiger partial charge in [0, 0.05) is 23.3 Å². The van der Waals surface area contributed by atoms with Crippen molar-refractivity contribution in [1.29, 1.82) is 0 Å². The summed E-state index contributed by atoms with van der Waals surface area (Å²) in [6.45, 7) is 1.96. The lowest BCUT2D eigenvalue weighted by Gasteiger charge is -2.09. The van der Waals surface area contributed by atoms with E-state index in [2.05, 4.69) is 10.5 Å². The van der Waals surface area contributed by atoms with Crippen molar-refractivity contribution in [2.45, 2.75) is 19.8 Å². The lowest BCUT2D eigenvalue weighted by molar-refractivity contribution is -0.384. The van der Waals surface area contributed by atoms with E-state index in [4.69, 9.17) is 9.47 Å². The van der Waals surface area contributed by atoms with Crippen molar-refractivity contribution in [3.05, 3.63) is 63.7 Å². The number of carbonyl (C=O) groups is 1. The van der Waals surface area contributed by atoms with Crippen molar-refractivity contribution in [3.8, 4) is 11.5 Å². The highest BCUT2D eigenvalue weighted by atomic mass is 16.6. The van der Waals surface area contributed by atoms with E-state index >= 15 is 0 Å². The van der Waals surface area contributed by atoms with Crippen LogP contribution in [0.5, 0.6) is 11.5 Å². The Hall–Kier alpha value is -3.42. The number of nitrogens with zero attached hydrogens (tertiary/aromatic N) is 2. The van der Waals surface area contributed by atoms with E-state index in [1.165, 1.54) is 26.4 Å². The highest BCUT2D eigenvalue weighted by Crippen LogP contribution is 2.27. The van der Waals surface area contributed by atoms with E-state index in [0.29, 0.717) is 34.8 Å². The maximum atomic E-state index is 12.4. The zero-order valence-corrected chi connectivity index (χ0v) is 15.4. The molecule has 0 atom stereocenters. The van der Waals surface area contributed by atoms with Crippen LogP contribution < -0.4 is 14.9 Å². The highest BCUT2D eigenvalue weighted by Gasteiger charge is 2.13. The second-order valence-corrected chi connectivity index (χ2v) is 5.63. The first-order valence-corrected chi connectivity index (χ1v) is 8.33. The number of nitro groups is 1. The molecule has 8 nitrogen and oxygen atoms in total. The third-order valence-electron chi connectivity index (χ3n) is 3.82. The molecule has 2 rings (SSSR count). The number of nitrogens with one attached hydrogen (secondary N) is 1. The molecule has 142 valence electrons. The third-order valence-corrected chi connectivity index (χ3v) is 3.82. The molecule has 0 heterocycles. The van der Waals surface area contributed by atoms with Gasteiger partial charge in [-0.05, 0) is 24.6 Å². The number of ether oxygens (including phenoxy) is 2. The number of hydrogen-bond donors (Lipinski definition) is 1. The molecular weight excluding hydrogens is 350 g/mol. The molecule has 1 amide bonds. The molecule has 0 spiro atoms. The maximum Gasteiger partial charge on any atom is 0.271 e. The van der Waals surface area contributed by atoms with Gasteiger partial charge in [-0.25, -0.2) is 5.43 Å². The number of hydrogen-bond acceptors (Lipinski definition) is 6. The fourth-order valence-corrected chi connectivity index (χ4v) is 2.46. The minimum atomic E-state index is -0.463. The van der Waals surface area contributed by atoms with Crippen LogP contribution in [0.3, 0.4) is 0 Å². The number of methoxy groups -OCH3 is 2. The molecule has 0 bridgehead atoms. The number of amides is 1. The minimum Gasteiger partial charge on any atom is -0.493 e. The van der Waals surface area contributed by atoms with Crippen molar-refractivity contribution in [1.82, 2.24) is 5.43 Å². The molecule has 0 aliphatic carbocycles. The van der Waals surface area contributed by atoms with E-state index in [1.54, 1.807) is 30.3 Å². The first kappa shape index (κ1) is 19.9. The van der Waals surface area contributed by atoms with Crippen LogP contribution in [0.4, 0.5) is 5.69 Å². The lowest BCUT2D eigenvalue weighted by Crippen LogP contribution is -2.20. The van der Waals surface area contributed by atoms with Gasteiger partial charge in [0.15, 0.2) is 11.5 Å². The summed E-state index contributed by atoms with van der Waals surface area (Å²) in [6, 6.07) is 11.0. The number of hydrazone groups is 1. The Morgan fingerprint density at radius 2 is 1.85 bits per heavy atom. The van der Waals surface area contributed by atoms with E-state index in [0.717, 1.165) is 6.42 Å². The van der Waals surface area contributed by atoms with Gasteiger partial charge in [0.25, 0.3) is 11.6 Å². The molecule has 0 saturated heterocycles. The minimum absolute atomic E-state index is 0.0254. The predicted octanol–water partition coefficient (Wildman–Crippen LogP) is 3.55. The molecule has 2 aromatic carbocycles. The van der Waals surface area contributed by atoms with E-state index in [1.807, 2.05) is 6.92 Å². The first-order chi connectivity index (χ1) is 13.0. The summed E-state index contributed by atoms with van der Waals surface area (Å²) in [6.07, 6.45) is 1.33. The van der Waals surface area contributed by atoms with Gasteiger partial charge in [-0.1, -0.05) is 25.5 Å². The fraction of sp³-hybridized carbons (Fsp3) is 0.263. The largest absolute Gasteiger partial charge is 0.493 e. The van der Waals surface area contributed by atoms with Crippen LogP contribution in [-0.4, -0.2) is 30.8 Å². The quantitative estimate of drug-likeness (QED) is 0.434. The van der Waals surface area contributed by atoms with Crippen LogP contribution in [0.1, 0.15) is 35.7 Å². The van der Waals surface area contributed by atoms with Crippen molar-refractivity contribution in [2.75, 3.05) is 14.2 Å². The van der Waals surface area contributed by atoms with Crippen LogP contribution in [0.15, 0.2) is 47.6 Å². The van der Waals surface area contributed by atoms with Gasteiger partial charge in [-0.2, -0.15) is 5.10 Å². The van der Waals surface area contributed by atoms with Crippen LogP contribution in [0.25, 0.3) is 0 Å². The molecule has 0 aliphatic rings. The van der Waals surface area contributed by atoms with Gasteiger partial charge in [-0.3, -0.25) is 14.9 Å². The highest BCUT2D eigenvalue weighted by molar-refractivity contribution is 6.02. The van der Waals surface area contributed by atoms with Gasteiger partial charge in [0.2, 0.25) is 0 Å². The molecule has 0 aromatic heterocycles. The molecule has 0 unspecified atom stereocenters. The number of rotatable bonds is 8. The van der Waals surface area contributed by atoms with Crippen LogP contribution in [0.2, 0.25) is 0 Å². The Bertz CT molecular complexity index is 864. The molecule has 0 fully saturated rings. The SMILES string of the molecule is CCC/C(=N/NC(=O)c1ccc(OC)c(OC)c1)c1cccc([N+](=O)[O-])c1. The summed E-state index contributed by atoms with van der Waals surface area (Å²) in [4.78, 5) is 22.9. The summed E-state index contributed by atoms with van der Waals surface area (Å²) in [5.41, 5.74) is 3.99. The number of non-ortho nitro benzene ring substituents is 1. The van der Waals surface area contributed by atoms with Crippen molar-refractivity contribution in [2.24, 2.45) is 5.10 Å². The van der Waals surface area contributed by atoms with Crippen LogP contribution in [0, 0.1) is 10.1 Å². The summed E-state index contributed by atoms with van der Waals surface area (Å²) in [7, 11) is 3.00. The van der Waals surface area contributed by atoms with Gasteiger partial charge in [0.05, 0.1) is 24.9 Å². The number of nitro benzene ring substituents is 1. The predicted molar refractivity (Wildman–Crippen MR) is 102 cm³/mol. The van der Waals surface area contributed by atoms with Gasteiger partial charge in [-0.15, -0.1) is 0 Å². The number of carbonyl (C=O) groups excluding carboxylic acids is 1. The van der Waals surface area contributed by atoms with Gasteiger partial charge < -0.3 is 9.47 Å². The topological polar surface area (TPSA) is 103 Å². The Balaban J connectivity index is 2.25. The Kier molecular flexibility index (Phi) is 6.87. The average Bonchev–Trinajstić information content (AvgIpc) is 2.70. The average molecular weight is 371 g/mol. The smallest absolute Gasteiger partial charge is 0.271 e. The summed E-state index contributed by atoms with van der Waals surface area (Å²) < 4.78 is 10.3. The molecule has 0 radical (unpaired) electrons. The second kappa shape index (κ2) is 9.33. The molecular formula is C19H21N3O5. The van der Waals surface area contributed by atoms with Gasteiger partial charge in [0.1, 0.15) is 0 Å². The van der Waals surface area contributed by atoms with Gasteiger partial charge >= 0.3 is 0 Å². The van der Waals surface area contributed by atoms with E-state index in [9.17, 15) is 14.9 Å². The Morgan fingerprint density at radius 3 is 2.48 bits per heavy atom. The number of benzene rings is 2. The summed E-state index contributed by atoms with van der Waals surface area (Å²) >= 11 is 0. The molecule has 2 aromatic rings.